The van der Waals surface area contributed by atoms with Crippen LogP contribution < -0.4 is 5.32 Å². The Kier molecular flexibility index (Phi) is 4.50. The summed E-state index contributed by atoms with van der Waals surface area (Å²) in [4.78, 5) is 20.6. The van der Waals surface area contributed by atoms with Gasteiger partial charge in [-0.05, 0) is 42.8 Å². The highest BCUT2D eigenvalue weighted by Gasteiger charge is 2.33. The predicted molar refractivity (Wildman–Crippen MR) is 100 cm³/mol. The average molecular weight is 397 g/mol. The molecule has 29 heavy (non-hydrogen) atoms. The molecule has 0 saturated heterocycles. The van der Waals surface area contributed by atoms with Gasteiger partial charge in [-0.3, -0.25) is 9.78 Å². The minimum Gasteiger partial charge on any atom is -0.304 e. The number of aromatic nitrogens is 4. The molecule has 0 unspecified atom stereocenters. The van der Waals surface area contributed by atoms with E-state index in [2.05, 4.69) is 20.4 Å². The summed E-state index contributed by atoms with van der Waals surface area (Å²) < 4.78 is 41.3. The largest absolute Gasteiger partial charge is 0.417 e. The van der Waals surface area contributed by atoms with Gasteiger partial charge in [0.2, 0.25) is 0 Å². The van der Waals surface area contributed by atoms with E-state index in [0.29, 0.717) is 5.65 Å². The highest BCUT2D eigenvalue weighted by Crippen LogP contribution is 2.36. The Morgan fingerprint density at radius 1 is 1.07 bits per heavy atom. The summed E-state index contributed by atoms with van der Waals surface area (Å²) in [6, 6.07) is 11.6. The Balaban J connectivity index is 1.74. The summed E-state index contributed by atoms with van der Waals surface area (Å²) in [7, 11) is 0. The van der Waals surface area contributed by atoms with Gasteiger partial charge in [-0.1, -0.05) is 18.2 Å². The first-order valence-electron chi connectivity index (χ1n) is 8.58. The number of imidazole rings is 1. The van der Waals surface area contributed by atoms with Crippen LogP contribution in [0, 0.1) is 6.92 Å². The van der Waals surface area contributed by atoms with Crippen molar-refractivity contribution in [2.45, 2.75) is 13.1 Å². The summed E-state index contributed by atoms with van der Waals surface area (Å²) in [5.74, 6) is -0.252. The lowest BCUT2D eigenvalue weighted by Gasteiger charge is -2.12. The number of benzene rings is 1. The normalized spacial score (nSPS) is 11.6. The molecule has 0 spiro atoms. The van der Waals surface area contributed by atoms with Crippen molar-refractivity contribution in [3.63, 3.8) is 0 Å². The van der Waals surface area contributed by atoms with Crippen molar-refractivity contribution >= 4 is 17.4 Å². The third kappa shape index (κ3) is 3.66. The monoisotopic (exact) mass is 397 g/mol. The Bertz CT molecular complexity index is 1220. The molecule has 0 atom stereocenters. The lowest BCUT2D eigenvalue weighted by atomic mass is 10.0. The number of aryl methyl sites for hydroxylation is 1. The van der Waals surface area contributed by atoms with Crippen molar-refractivity contribution in [2.75, 3.05) is 5.32 Å². The Hall–Kier alpha value is -3.75. The lowest BCUT2D eigenvalue weighted by molar-refractivity contribution is -0.137. The number of nitrogens with one attached hydrogen (secondary N) is 1. The predicted octanol–water partition coefficient (Wildman–Crippen LogP) is 4.37. The molecule has 9 heteroatoms. The number of pyridine rings is 1. The third-order valence-electron chi connectivity index (χ3n) is 4.26. The number of rotatable bonds is 3. The van der Waals surface area contributed by atoms with Crippen LogP contribution in [0.5, 0.6) is 0 Å². The molecule has 4 rings (SSSR count). The fourth-order valence-corrected chi connectivity index (χ4v) is 2.90. The third-order valence-corrected chi connectivity index (χ3v) is 4.26. The fourth-order valence-electron chi connectivity index (χ4n) is 2.90. The summed E-state index contributed by atoms with van der Waals surface area (Å²) >= 11 is 0. The lowest BCUT2D eigenvalue weighted by Crippen LogP contribution is -2.15. The number of hydrogen-bond acceptors (Lipinski definition) is 4. The maximum absolute atomic E-state index is 13.3. The Labute approximate surface area is 163 Å². The van der Waals surface area contributed by atoms with Gasteiger partial charge in [0.15, 0.2) is 11.5 Å². The zero-order valence-electron chi connectivity index (χ0n) is 15.1. The first-order valence-corrected chi connectivity index (χ1v) is 8.58. The topological polar surface area (TPSA) is 72.2 Å². The van der Waals surface area contributed by atoms with Gasteiger partial charge < -0.3 is 5.32 Å². The SMILES string of the molecule is Cc1ccnc(C(=O)Nc2cnc3ccc(-c4ccccc4C(F)(F)F)nn23)c1. The second-order valence-electron chi connectivity index (χ2n) is 6.35. The number of anilines is 1. The van der Waals surface area contributed by atoms with Gasteiger partial charge >= 0.3 is 6.18 Å². The highest BCUT2D eigenvalue weighted by molar-refractivity contribution is 6.02. The zero-order valence-corrected chi connectivity index (χ0v) is 15.1. The first-order chi connectivity index (χ1) is 13.8. The van der Waals surface area contributed by atoms with E-state index < -0.39 is 17.6 Å². The molecule has 0 aliphatic heterocycles. The molecule has 0 bridgehead atoms. The minimum absolute atomic E-state index is 0.0618. The molecule has 0 aliphatic carbocycles. The average Bonchev–Trinajstić information content (AvgIpc) is 3.09. The molecule has 0 saturated carbocycles. The van der Waals surface area contributed by atoms with Gasteiger partial charge in [0.1, 0.15) is 5.69 Å². The van der Waals surface area contributed by atoms with Crippen molar-refractivity contribution in [3.8, 4) is 11.3 Å². The molecule has 1 N–H and O–H groups in total. The Morgan fingerprint density at radius 2 is 1.86 bits per heavy atom. The van der Waals surface area contributed by atoms with E-state index in [1.54, 1.807) is 12.1 Å². The van der Waals surface area contributed by atoms with E-state index in [1.165, 1.54) is 47.2 Å². The standard InChI is InChI=1S/C20H14F3N5O/c1-12-8-9-24-16(10-12)19(29)26-18-11-25-17-7-6-15(27-28(17)18)13-4-2-3-5-14(13)20(21,22)23/h2-11H,1H3,(H,26,29). The first kappa shape index (κ1) is 18.6. The van der Waals surface area contributed by atoms with Gasteiger partial charge in [0, 0.05) is 11.8 Å². The molecule has 1 amide bonds. The number of alkyl halides is 3. The molecule has 3 aromatic heterocycles. The molecule has 0 fully saturated rings. The number of halogens is 3. The van der Waals surface area contributed by atoms with Gasteiger partial charge in [-0.25, -0.2) is 4.98 Å². The van der Waals surface area contributed by atoms with E-state index in [9.17, 15) is 18.0 Å². The molecule has 146 valence electrons. The molecule has 6 nitrogen and oxygen atoms in total. The van der Waals surface area contributed by atoms with Crippen LogP contribution in [0.15, 0.2) is 60.9 Å². The maximum Gasteiger partial charge on any atom is 0.417 e. The molecule has 1 aromatic carbocycles. The van der Waals surface area contributed by atoms with Crippen molar-refractivity contribution in [3.05, 3.63) is 77.7 Å². The van der Waals surface area contributed by atoms with E-state index in [-0.39, 0.29) is 22.8 Å². The number of amides is 1. The van der Waals surface area contributed by atoms with Crippen LogP contribution in [0.4, 0.5) is 19.0 Å². The van der Waals surface area contributed by atoms with E-state index in [1.807, 2.05) is 6.92 Å². The van der Waals surface area contributed by atoms with Crippen molar-refractivity contribution in [2.24, 2.45) is 0 Å². The van der Waals surface area contributed by atoms with E-state index >= 15 is 0 Å². The number of hydrogen-bond donors (Lipinski definition) is 1. The molecular formula is C20H14F3N5O. The summed E-state index contributed by atoms with van der Waals surface area (Å²) in [6.45, 7) is 1.83. The molecule has 4 aromatic rings. The van der Waals surface area contributed by atoms with Crippen molar-refractivity contribution in [1.29, 1.82) is 0 Å². The number of fused-ring (bicyclic) bond motifs is 1. The maximum atomic E-state index is 13.3. The highest BCUT2D eigenvalue weighted by atomic mass is 19.4. The van der Waals surface area contributed by atoms with Crippen LogP contribution >= 0.6 is 0 Å². The smallest absolute Gasteiger partial charge is 0.304 e. The van der Waals surface area contributed by atoms with Gasteiger partial charge in [0.05, 0.1) is 17.5 Å². The molecule has 0 radical (unpaired) electrons. The van der Waals surface area contributed by atoms with Crippen LogP contribution in [0.2, 0.25) is 0 Å². The minimum atomic E-state index is -4.52. The van der Waals surface area contributed by atoms with Crippen LogP contribution in [0.1, 0.15) is 21.6 Å². The van der Waals surface area contributed by atoms with Gasteiger partial charge in [-0.15, -0.1) is 0 Å². The van der Waals surface area contributed by atoms with Crippen molar-refractivity contribution in [1.82, 2.24) is 19.6 Å². The summed E-state index contributed by atoms with van der Waals surface area (Å²) in [6.07, 6.45) is -1.62. The number of nitrogens with zero attached hydrogens (tertiary/aromatic N) is 4. The van der Waals surface area contributed by atoms with Crippen molar-refractivity contribution < 1.29 is 18.0 Å². The van der Waals surface area contributed by atoms with Crippen LogP contribution in [-0.2, 0) is 6.18 Å². The second-order valence-corrected chi connectivity index (χ2v) is 6.35. The quantitative estimate of drug-likeness (QED) is 0.557. The number of carbonyl (C=O) groups excluding carboxylic acids is 1. The molecular weight excluding hydrogens is 383 g/mol. The zero-order chi connectivity index (χ0) is 20.6. The number of carbonyl (C=O) groups is 1. The Morgan fingerprint density at radius 3 is 2.62 bits per heavy atom. The second kappa shape index (κ2) is 7.01. The van der Waals surface area contributed by atoms with Crippen LogP contribution in [-0.4, -0.2) is 25.5 Å². The summed E-state index contributed by atoms with van der Waals surface area (Å²) in [5, 5.41) is 6.91. The van der Waals surface area contributed by atoms with E-state index in [0.717, 1.165) is 11.6 Å². The summed E-state index contributed by atoms with van der Waals surface area (Å²) in [5.41, 5.74) is 0.707. The molecule has 3 heterocycles. The van der Waals surface area contributed by atoms with Crippen LogP contribution in [0.25, 0.3) is 16.9 Å². The van der Waals surface area contributed by atoms with E-state index in [4.69, 9.17) is 0 Å². The fraction of sp³-hybridized carbons (Fsp3) is 0.100. The molecule has 0 aliphatic rings. The van der Waals surface area contributed by atoms with Gasteiger partial charge in [0.25, 0.3) is 5.91 Å². The van der Waals surface area contributed by atoms with Gasteiger partial charge in [-0.2, -0.15) is 22.8 Å². The van der Waals surface area contributed by atoms with Crippen LogP contribution in [0.3, 0.4) is 0 Å².